The van der Waals surface area contributed by atoms with Crippen LogP contribution in [0, 0.1) is 0 Å². The summed E-state index contributed by atoms with van der Waals surface area (Å²) in [4.78, 5) is 23.5. The maximum Gasteiger partial charge on any atom is 0.433 e. The smallest absolute Gasteiger partial charge is 0.433 e. The van der Waals surface area contributed by atoms with E-state index in [0.29, 0.717) is 4.68 Å². The Bertz CT molecular complexity index is 670. The number of carbonyl (C=O) groups excluding carboxylic acids is 2. The number of allylic oxidation sites excluding steroid dienone is 1. The predicted molar refractivity (Wildman–Crippen MR) is 82.8 cm³/mol. The summed E-state index contributed by atoms with van der Waals surface area (Å²) < 4.78 is 50.1. The molecule has 9 heteroatoms. The molecule has 0 aliphatic heterocycles. The van der Waals surface area contributed by atoms with Crippen molar-refractivity contribution in [3.8, 4) is 0 Å². The van der Waals surface area contributed by atoms with E-state index in [1.807, 2.05) is 0 Å². The first-order chi connectivity index (χ1) is 11.4. The molecule has 1 heterocycles. The van der Waals surface area contributed by atoms with E-state index in [0.717, 1.165) is 6.20 Å². The van der Waals surface area contributed by atoms with E-state index in [4.69, 9.17) is 4.74 Å². The van der Waals surface area contributed by atoms with Crippen LogP contribution in [0.1, 0.15) is 50.7 Å². The highest BCUT2D eigenvalue weighted by Gasteiger charge is 2.40. The molecule has 0 unspecified atom stereocenters. The molecule has 6 nitrogen and oxygen atoms in total. The van der Waals surface area contributed by atoms with Gasteiger partial charge in [-0.3, -0.25) is 4.68 Å². The van der Waals surface area contributed by atoms with Gasteiger partial charge in [0.15, 0.2) is 5.69 Å². The van der Waals surface area contributed by atoms with Gasteiger partial charge < -0.3 is 9.47 Å². The van der Waals surface area contributed by atoms with Gasteiger partial charge in [-0.1, -0.05) is 6.08 Å². The SMILES string of the molecule is CCOC(=O)c1cnn(C/C=C(\C)C(=O)OC(C)(C)C)c1C(F)(F)F. The van der Waals surface area contributed by atoms with Crippen molar-refractivity contribution in [2.24, 2.45) is 0 Å². The van der Waals surface area contributed by atoms with Gasteiger partial charge in [0.2, 0.25) is 0 Å². The van der Waals surface area contributed by atoms with Gasteiger partial charge in [-0.25, -0.2) is 9.59 Å². The number of esters is 2. The zero-order valence-electron chi connectivity index (χ0n) is 14.7. The van der Waals surface area contributed by atoms with E-state index >= 15 is 0 Å². The van der Waals surface area contributed by atoms with E-state index in [1.165, 1.54) is 19.9 Å². The Morgan fingerprint density at radius 2 is 1.88 bits per heavy atom. The van der Waals surface area contributed by atoms with Crippen molar-refractivity contribution >= 4 is 11.9 Å². The third kappa shape index (κ3) is 5.91. The van der Waals surface area contributed by atoms with Crippen LogP contribution in [0.3, 0.4) is 0 Å². The lowest BCUT2D eigenvalue weighted by molar-refractivity contribution is -0.149. The normalized spacial score (nSPS) is 12.9. The number of ether oxygens (including phenoxy) is 2. The molecule has 1 rings (SSSR count). The van der Waals surface area contributed by atoms with Gasteiger partial charge in [0.1, 0.15) is 11.2 Å². The Hall–Kier alpha value is -2.32. The summed E-state index contributed by atoms with van der Waals surface area (Å²) in [7, 11) is 0. The summed E-state index contributed by atoms with van der Waals surface area (Å²) in [5.41, 5.74) is -2.47. The zero-order chi connectivity index (χ0) is 19.4. The third-order valence-electron chi connectivity index (χ3n) is 2.89. The molecule has 0 aliphatic rings. The van der Waals surface area contributed by atoms with Crippen molar-refractivity contribution in [3.05, 3.63) is 29.1 Å². The summed E-state index contributed by atoms with van der Waals surface area (Å²) in [5, 5.41) is 3.59. The fourth-order valence-corrected chi connectivity index (χ4v) is 1.85. The summed E-state index contributed by atoms with van der Waals surface area (Å²) >= 11 is 0. The van der Waals surface area contributed by atoms with Crippen LogP contribution in [0.2, 0.25) is 0 Å². The van der Waals surface area contributed by atoms with Crippen molar-refractivity contribution in [2.75, 3.05) is 6.61 Å². The molecule has 25 heavy (non-hydrogen) atoms. The lowest BCUT2D eigenvalue weighted by Gasteiger charge is -2.19. The summed E-state index contributed by atoms with van der Waals surface area (Å²) in [6, 6.07) is 0. The molecule has 0 fully saturated rings. The second kappa shape index (κ2) is 7.71. The average Bonchev–Trinajstić information content (AvgIpc) is 2.87. The van der Waals surface area contributed by atoms with Gasteiger partial charge >= 0.3 is 18.1 Å². The predicted octanol–water partition coefficient (Wildman–Crippen LogP) is 3.37. The minimum atomic E-state index is -4.80. The highest BCUT2D eigenvalue weighted by molar-refractivity contribution is 5.90. The first-order valence-corrected chi connectivity index (χ1v) is 7.57. The monoisotopic (exact) mass is 362 g/mol. The van der Waals surface area contributed by atoms with Crippen LogP contribution in [-0.2, 0) is 27.0 Å². The van der Waals surface area contributed by atoms with Crippen molar-refractivity contribution in [1.82, 2.24) is 9.78 Å². The van der Waals surface area contributed by atoms with E-state index in [9.17, 15) is 22.8 Å². The van der Waals surface area contributed by atoms with Crippen LogP contribution in [0.25, 0.3) is 0 Å². The van der Waals surface area contributed by atoms with Crippen LogP contribution in [-0.4, -0.2) is 33.9 Å². The Balaban J connectivity index is 3.08. The fraction of sp³-hybridized carbons (Fsp3) is 0.562. The van der Waals surface area contributed by atoms with Crippen molar-refractivity contribution in [3.63, 3.8) is 0 Å². The first kappa shape index (κ1) is 20.7. The fourth-order valence-electron chi connectivity index (χ4n) is 1.85. The van der Waals surface area contributed by atoms with E-state index in [1.54, 1.807) is 20.8 Å². The van der Waals surface area contributed by atoms with Crippen LogP contribution in [0.15, 0.2) is 17.8 Å². The first-order valence-electron chi connectivity index (χ1n) is 7.57. The topological polar surface area (TPSA) is 70.4 Å². The summed E-state index contributed by atoms with van der Waals surface area (Å²) in [6.07, 6.45) is -2.74. The Morgan fingerprint density at radius 3 is 2.36 bits per heavy atom. The molecule has 0 spiro atoms. The number of hydrogen-bond acceptors (Lipinski definition) is 5. The lowest BCUT2D eigenvalue weighted by atomic mass is 10.2. The minimum absolute atomic E-state index is 0.0566. The van der Waals surface area contributed by atoms with Crippen LogP contribution in [0.4, 0.5) is 13.2 Å². The standard InChI is InChI=1S/C16H21F3N2O4/c1-6-24-14(23)11-9-20-21(12(11)16(17,18)19)8-7-10(2)13(22)25-15(3,4)5/h7,9H,6,8H2,1-5H3/b10-7+. The summed E-state index contributed by atoms with van der Waals surface area (Å²) in [6.45, 7) is 7.55. The molecule has 0 radical (unpaired) electrons. The number of hydrogen-bond donors (Lipinski definition) is 0. The van der Waals surface area contributed by atoms with Crippen LogP contribution in [0.5, 0.6) is 0 Å². The van der Waals surface area contributed by atoms with Gasteiger partial charge in [-0.2, -0.15) is 18.3 Å². The van der Waals surface area contributed by atoms with Crippen molar-refractivity contribution in [1.29, 1.82) is 0 Å². The van der Waals surface area contributed by atoms with E-state index in [2.05, 4.69) is 9.84 Å². The maximum absolute atomic E-state index is 13.3. The number of alkyl halides is 3. The van der Waals surface area contributed by atoms with Crippen molar-refractivity contribution in [2.45, 2.75) is 52.9 Å². The van der Waals surface area contributed by atoms with Crippen LogP contribution >= 0.6 is 0 Å². The number of carbonyl (C=O) groups is 2. The molecular formula is C16H21F3N2O4. The van der Waals surface area contributed by atoms with Gasteiger partial charge in [0.05, 0.1) is 19.3 Å². The van der Waals surface area contributed by atoms with Gasteiger partial charge in [-0.05, 0) is 34.6 Å². The third-order valence-corrected chi connectivity index (χ3v) is 2.89. The van der Waals surface area contributed by atoms with Gasteiger partial charge in [0, 0.05) is 5.57 Å². The highest BCUT2D eigenvalue weighted by atomic mass is 19.4. The molecule has 0 aromatic carbocycles. The quantitative estimate of drug-likeness (QED) is 0.593. The molecule has 1 aromatic heterocycles. The van der Waals surface area contributed by atoms with Gasteiger partial charge in [0.25, 0.3) is 0 Å². The number of rotatable bonds is 5. The molecule has 0 bridgehead atoms. The van der Waals surface area contributed by atoms with Crippen LogP contribution < -0.4 is 0 Å². The number of halogens is 3. The average molecular weight is 362 g/mol. The highest BCUT2D eigenvalue weighted by Crippen LogP contribution is 2.32. The number of aromatic nitrogens is 2. The minimum Gasteiger partial charge on any atom is -0.462 e. The largest absolute Gasteiger partial charge is 0.462 e. The molecule has 0 atom stereocenters. The molecule has 0 saturated heterocycles. The van der Waals surface area contributed by atoms with E-state index in [-0.39, 0.29) is 18.7 Å². The Morgan fingerprint density at radius 1 is 1.28 bits per heavy atom. The Labute approximate surface area is 143 Å². The molecule has 1 aromatic rings. The molecular weight excluding hydrogens is 341 g/mol. The van der Waals surface area contributed by atoms with E-state index < -0.39 is 35.0 Å². The van der Waals surface area contributed by atoms with Gasteiger partial charge in [-0.15, -0.1) is 0 Å². The molecule has 0 aliphatic carbocycles. The zero-order valence-corrected chi connectivity index (χ0v) is 14.7. The second-order valence-electron chi connectivity index (χ2n) is 6.20. The second-order valence-corrected chi connectivity index (χ2v) is 6.20. The summed E-state index contributed by atoms with van der Waals surface area (Å²) in [5.74, 6) is -1.74. The number of nitrogens with zero attached hydrogens (tertiary/aromatic N) is 2. The van der Waals surface area contributed by atoms with Crippen molar-refractivity contribution < 1.29 is 32.2 Å². The molecule has 0 saturated carbocycles. The Kier molecular flexibility index (Phi) is 6.39. The maximum atomic E-state index is 13.3. The molecule has 0 N–H and O–H groups in total. The lowest BCUT2D eigenvalue weighted by Crippen LogP contribution is -2.24. The molecule has 0 amide bonds. The molecule has 140 valence electrons.